The van der Waals surface area contributed by atoms with Crippen LogP contribution >= 0.6 is 0 Å². The average Bonchev–Trinajstić information content (AvgIpc) is 2.61. The number of alkyl halides is 4. The quantitative estimate of drug-likeness (QED) is 0.570. The van der Waals surface area contributed by atoms with E-state index in [2.05, 4.69) is 14.7 Å². The zero-order valence-electron chi connectivity index (χ0n) is 14.1. The summed E-state index contributed by atoms with van der Waals surface area (Å²) in [6.45, 7) is -2.47. The van der Waals surface area contributed by atoms with Crippen molar-refractivity contribution < 1.29 is 31.4 Å². The Labute approximate surface area is 150 Å². The van der Waals surface area contributed by atoms with Gasteiger partial charge in [-0.3, -0.25) is 0 Å². The minimum Gasteiger partial charge on any atom is -0.467 e. The van der Waals surface area contributed by atoms with E-state index in [1.54, 1.807) is 0 Å². The van der Waals surface area contributed by atoms with E-state index in [0.29, 0.717) is 0 Å². The molecule has 0 aliphatic rings. The molecule has 4 nitrogen and oxygen atoms in total. The fourth-order valence-corrected chi connectivity index (χ4v) is 2.56. The van der Waals surface area contributed by atoms with Crippen LogP contribution < -0.4 is 9.47 Å². The molecule has 0 fully saturated rings. The second-order valence-corrected chi connectivity index (χ2v) is 5.68. The number of aromatic nitrogens is 2. The van der Waals surface area contributed by atoms with Crippen molar-refractivity contribution in [2.24, 2.45) is 0 Å². The predicted octanol–water partition coefficient (Wildman–Crippen LogP) is 5.16. The van der Waals surface area contributed by atoms with Crippen LogP contribution in [-0.2, 0) is 5.92 Å². The van der Waals surface area contributed by atoms with Crippen LogP contribution in [0.4, 0.5) is 22.0 Å². The monoisotopic (exact) mass is 384 g/mol. The zero-order valence-corrected chi connectivity index (χ0v) is 14.1. The van der Waals surface area contributed by atoms with Crippen LogP contribution in [0.5, 0.6) is 11.8 Å². The molecule has 142 valence electrons. The molecule has 0 aliphatic heterocycles. The van der Waals surface area contributed by atoms with E-state index in [1.807, 2.05) is 0 Å². The van der Waals surface area contributed by atoms with Gasteiger partial charge < -0.3 is 9.47 Å². The Hall–Kier alpha value is -2.97. The molecule has 0 aliphatic carbocycles. The van der Waals surface area contributed by atoms with E-state index >= 15 is 0 Å². The van der Waals surface area contributed by atoms with Gasteiger partial charge in [-0.2, -0.15) is 18.7 Å². The second-order valence-electron chi connectivity index (χ2n) is 5.68. The van der Waals surface area contributed by atoms with E-state index in [-0.39, 0.29) is 33.7 Å². The van der Waals surface area contributed by atoms with Crippen molar-refractivity contribution in [2.75, 3.05) is 7.11 Å². The van der Waals surface area contributed by atoms with Crippen molar-refractivity contribution in [3.63, 3.8) is 0 Å². The van der Waals surface area contributed by atoms with E-state index in [4.69, 9.17) is 4.74 Å². The molecule has 0 atom stereocenters. The van der Waals surface area contributed by atoms with Gasteiger partial charge in [-0.05, 0) is 18.2 Å². The molecule has 0 amide bonds. The third-order valence-electron chi connectivity index (χ3n) is 3.80. The minimum atomic E-state index is -3.21. The van der Waals surface area contributed by atoms with Crippen molar-refractivity contribution in [1.29, 1.82) is 0 Å². The number of hydrogen-bond donors (Lipinski definition) is 0. The number of ether oxygens (including phenoxy) is 2. The Morgan fingerprint density at radius 3 is 2.44 bits per heavy atom. The number of methoxy groups -OCH3 is 1. The van der Waals surface area contributed by atoms with Gasteiger partial charge in [0.25, 0.3) is 5.92 Å². The summed E-state index contributed by atoms with van der Waals surface area (Å²) in [6.07, 6.45) is 0. The van der Waals surface area contributed by atoms with Crippen LogP contribution in [0.2, 0.25) is 0 Å². The maximum atomic E-state index is 14.7. The number of benzene rings is 2. The molecule has 3 aromatic rings. The van der Waals surface area contributed by atoms with Crippen molar-refractivity contribution in [3.8, 4) is 23.0 Å². The van der Waals surface area contributed by atoms with Crippen molar-refractivity contribution in [3.05, 3.63) is 47.8 Å². The summed E-state index contributed by atoms with van der Waals surface area (Å²) in [6, 6.07) is 7.09. The smallest absolute Gasteiger partial charge is 0.387 e. The highest BCUT2D eigenvalue weighted by Crippen LogP contribution is 2.36. The summed E-state index contributed by atoms with van der Waals surface area (Å²) < 4.78 is 75.9. The predicted molar refractivity (Wildman–Crippen MR) is 87.7 cm³/mol. The van der Waals surface area contributed by atoms with Gasteiger partial charge in [0, 0.05) is 23.4 Å². The van der Waals surface area contributed by atoms with Crippen LogP contribution in [0, 0.1) is 5.82 Å². The molecule has 9 heteroatoms. The largest absolute Gasteiger partial charge is 0.467 e. The summed E-state index contributed by atoms with van der Waals surface area (Å²) in [5, 5.41) is 0.247. The van der Waals surface area contributed by atoms with Crippen molar-refractivity contribution in [1.82, 2.24) is 9.97 Å². The summed E-state index contributed by atoms with van der Waals surface area (Å²) in [5.74, 6) is -4.84. The lowest BCUT2D eigenvalue weighted by atomic mass is 10.0. The number of rotatable bonds is 5. The molecule has 0 radical (unpaired) electrons. The van der Waals surface area contributed by atoms with E-state index in [1.165, 1.54) is 31.4 Å². The summed E-state index contributed by atoms with van der Waals surface area (Å²) in [5.41, 5.74) is -0.359. The first-order chi connectivity index (χ1) is 12.7. The highest BCUT2D eigenvalue weighted by molar-refractivity contribution is 5.93. The van der Waals surface area contributed by atoms with Crippen LogP contribution in [0.15, 0.2) is 36.4 Å². The van der Waals surface area contributed by atoms with E-state index < -0.39 is 24.1 Å². The molecule has 1 heterocycles. The Bertz CT molecular complexity index is 989. The third kappa shape index (κ3) is 3.76. The first-order valence-corrected chi connectivity index (χ1v) is 7.68. The summed E-state index contributed by atoms with van der Waals surface area (Å²) in [4.78, 5) is 8.07. The average molecular weight is 384 g/mol. The summed E-state index contributed by atoms with van der Waals surface area (Å²) >= 11 is 0. The molecule has 0 unspecified atom stereocenters. The molecule has 2 aromatic carbocycles. The maximum Gasteiger partial charge on any atom is 0.387 e. The lowest BCUT2D eigenvalue weighted by Gasteiger charge is -2.14. The van der Waals surface area contributed by atoms with Gasteiger partial charge in [-0.25, -0.2) is 13.2 Å². The third-order valence-corrected chi connectivity index (χ3v) is 3.80. The minimum absolute atomic E-state index is 0.0000331. The molecule has 0 bridgehead atoms. The SMILES string of the molecule is COc1nc(-c2cccc(OC(F)F)c2F)c2ccc(C(C)(F)F)cc2n1. The number of fused-ring (bicyclic) bond motifs is 1. The van der Waals surface area contributed by atoms with Gasteiger partial charge in [-0.15, -0.1) is 0 Å². The van der Waals surface area contributed by atoms with Crippen LogP contribution in [0.1, 0.15) is 12.5 Å². The lowest BCUT2D eigenvalue weighted by molar-refractivity contribution is -0.0521. The second kappa shape index (κ2) is 6.98. The molecular formula is C18H13F5N2O2. The van der Waals surface area contributed by atoms with Gasteiger partial charge in [0.2, 0.25) is 0 Å². The van der Waals surface area contributed by atoms with Crippen LogP contribution in [0.3, 0.4) is 0 Å². The van der Waals surface area contributed by atoms with Crippen molar-refractivity contribution >= 4 is 10.9 Å². The summed E-state index contributed by atoms with van der Waals surface area (Å²) in [7, 11) is 1.26. The molecular weight excluding hydrogens is 371 g/mol. The number of halogens is 5. The van der Waals surface area contributed by atoms with Crippen LogP contribution in [0.25, 0.3) is 22.2 Å². The zero-order chi connectivity index (χ0) is 19.8. The Kier molecular flexibility index (Phi) is 4.86. The fraction of sp³-hybridized carbons (Fsp3) is 0.222. The Morgan fingerprint density at radius 1 is 1.07 bits per heavy atom. The fourth-order valence-electron chi connectivity index (χ4n) is 2.56. The molecule has 0 saturated carbocycles. The Balaban J connectivity index is 2.25. The van der Waals surface area contributed by atoms with Gasteiger partial charge in [0.1, 0.15) is 0 Å². The Morgan fingerprint density at radius 2 is 1.81 bits per heavy atom. The van der Waals surface area contributed by atoms with Gasteiger partial charge in [0.15, 0.2) is 11.6 Å². The van der Waals surface area contributed by atoms with Gasteiger partial charge >= 0.3 is 12.6 Å². The van der Waals surface area contributed by atoms with E-state index in [9.17, 15) is 22.0 Å². The molecule has 0 spiro atoms. The number of hydrogen-bond acceptors (Lipinski definition) is 4. The standard InChI is InChI=1S/C18H13F5N2O2/c1-18(22,23)9-6-7-10-12(8-9)24-17(26-2)25-15(10)11-4-3-5-13(14(11)19)27-16(20)21/h3-8,16H,1-2H3. The highest BCUT2D eigenvalue weighted by atomic mass is 19.3. The molecule has 1 aromatic heterocycles. The van der Waals surface area contributed by atoms with E-state index in [0.717, 1.165) is 19.1 Å². The van der Waals surface area contributed by atoms with Crippen molar-refractivity contribution in [2.45, 2.75) is 19.5 Å². The normalized spacial score (nSPS) is 11.9. The van der Waals surface area contributed by atoms with Gasteiger partial charge in [0.05, 0.1) is 18.3 Å². The number of nitrogens with zero attached hydrogens (tertiary/aromatic N) is 2. The molecule has 3 rings (SSSR count). The maximum absolute atomic E-state index is 14.7. The lowest BCUT2D eigenvalue weighted by Crippen LogP contribution is -2.07. The van der Waals surface area contributed by atoms with Gasteiger partial charge in [-0.1, -0.05) is 18.2 Å². The first-order valence-electron chi connectivity index (χ1n) is 7.68. The topological polar surface area (TPSA) is 44.2 Å². The molecule has 0 N–H and O–H groups in total. The first kappa shape index (κ1) is 18.8. The highest BCUT2D eigenvalue weighted by Gasteiger charge is 2.26. The molecule has 27 heavy (non-hydrogen) atoms. The molecule has 0 saturated heterocycles. The van der Waals surface area contributed by atoms with Crippen LogP contribution in [-0.4, -0.2) is 23.7 Å².